The second kappa shape index (κ2) is 5.74. The molecule has 0 bridgehead atoms. The molecule has 0 aromatic heterocycles. The first-order valence-corrected chi connectivity index (χ1v) is 8.87. The predicted molar refractivity (Wildman–Crippen MR) is 80.8 cm³/mol. The number of sulfone groups is 1. The molecule has 112 valence electrons. The molecule has 1 heterocycles. The standard InChI is InChI=1S/C15H23NO3S/c1-4-20(17,18)10-9-16-13-11-15(2,3)19-14-8-6-5-7-12(13)14/h5-8,13,16H,4,9-11H2,1-3H3. The van der Waals surface area contributed by atoms with E-state index >= 15 is 0 Å². The van der Waals surface area contributed by atoms with Gasteiger partial charge in [-0.3, -0.25) is 0 Å². The Kier molecular flexibility index (Phi) is 4.39. The molecule has 1 aromatic carbocycles. The van der Waals surface area contributed by atoms with Crippen molar-refractivity contribution in [3.8, 4) is 5.75 Å². The zero-order chi connectivity index (χ0) is 14.8. The third-order valence-corrected chi connectivity index (χ3v) is 5.33. The molecule has 0 aliphatic carbocycles. The van der Waals surface area contributed by atoms with Crippen LogP contribution in [0.3, 0.4) is 0 Å². The fourth-order valence-corrected chi connectivity index (χ4v) is 3.23. The highest BCUT2D eigenvalue weighted by Crippen LogP contribution is 2.38. The van der Waals surface area contributed by atoms with Crippen LogP contribution >= 0.6 is 0 Å². The smallest absolute Gasteiger partial charge is 0.151 e. The summed E-state index contributed by atoms with van der Waals surface area (Å²) in [6.45, 7) is 6.27. The molecule has 1 aliphatic rings. The summed E-state index contributed by atoms with van der Waals surface area (Å²) in [5.74, 6) is 1.27. The number of ether oxygens (including phenoxy) is 1. The molecule has 0 fully saturated rings. The molecule has 1 aliphatic heterocycles. The Labute approximate surface area is 121 Å². The molecule has 1 aromatic rings. The van der Waals surface area contributed by atoms with Gasteiger partial charge in [0.1, 0.15) is 11.4 Å². The fraction of sp³-hybridized carbons (Fsp3) is 0.600. The van der Waals surface area contributed by atoms with Crippen LogP contribution < -0.4 is 10.1 Å². The van der Waals surface area contributed by atoms with Crippen LogP contribution in [-0.4, -0.2) is 32.1 Å². The van der Waals surface area contributed by atoms with Gasteiger partial charge in [-0.2, -0.15) is 0 Å². The quantitative estimate of drug-likeness (QED) is 0.906. The van der Waals surface area contributed by atoms with Crippen molar-refractivity contribution in [2.24, 2.45) is 0 Å². The lowest BCUT2D eigenvalue weighted by molar-refractivity contribution is 0.0665. The van der Waals surface area contributed by atoms with E-state index in [1.165, 1.54) is 0 Å². The molecule has 20 heavy (non-hydrogen) atoms. The van der Waals surface area contributed by atoms with Crippen LogP contribution in [0.4, 0.5) is 0 Å². The minimum Gasteiger partial charge on any atom is -0.487 e. The van der Waals surface area contributed by atoms with Gasteiger partial charge in [0.25, 0.3) is 0 Å². The molecule has 2 rings (SSSR count). The van der Waals surface area contributed by atoms with Crippen LogP contribution in [0.15, 0.2) is 24.3 Å². The molecule has 0 saturated heterocycles. The summed E-state index contributed by atoms with van der Waals surface area (Å²) in [4.78, 5) is 0. The van der Waals surface area contributed by atoms with Crippen LogP contribution in [0.5, 0.6) is 5.75 Å². The summed E-state index contributed by atoms with van der Waals surface area (Å²) < 4.78 is 29.1. The van der Waals surface area contributed by atoms with E-state index < -0.39 is 9.84 Å². The van der Waals surface area contributed by atoms with Gasteiger partial charge in [0.05, 0.1) is 5.75 Å². The van der Waals surface area contributed by atoms with Gasteiger partial charge in [0.2, 0.25) is 0 Å². The van der Waals surface area contributed by atoms with Gasteiger partial charge < -0.3 is 10.1 Å². The lowest BCUT2D eigenvalue weighted by Gasteiger charge is -2.38. The van der Waals surface area contributed by atoms with E-state index in [1.807, 2.05) is 24.3 Å². The SMILES string of the molecule is CCS(=O)(=O)CCNC1CC(C)(C)Oc2ccccc21. The Morgan fingerprint density at radius 3 is 2.75 bits per heavy atom. The number of hydrogen-bond acceptors (Lipinski definition) is 4. The second-order valence-electron chi connectivity index (χ2n) is 5.85. The minimum absolute atomic E-state index is 0.141. The van der Waals surface area contributed by atoms with Gasteiger partial charge in [-0.1, -0.05) is 25.1 Å². The Bertz CT molecular complexity index is 566. The molecular weight excluding hydrogens is 274 g/mol. The molecule has 5 heteroatoms. The Balaban J connectivity index is 2.08. The Morgan fingerprint density at radius 1 is 1.35 bits per heavy atom. The number of rotatable bonds is 5. The lowest BCUT2D eigenvalue weighted by atomic mass is 9.90. The van der Waals surface area contributed by atoms with E-state index in [1.54, 1.807) is 6.92 Å². The summed E-state index contributed by atoms with van der Waals surface area (Å²) in [6.07, 6.45) is 0.830. The Morgan fingerprint density at radius 2 is 2.05 bits per heavy atom. The summed E-state index contributed by atoms with van der Waals surface area (Å²) in [7, 11) is -2.92. The average molecular weight is 297 g/mol. The minimum atomic E-state index is -2.92. The first kappa shape index (κ1) is 15.3. The van der Waals surface area contributed by atoms with Crippen molar-refractivity contribution in [1.82, 2.24) is 5.32 Å². The maximum absolute atomic E-state index is 11.5. The van der Waals surface area contributed by atoms with Crippen molar-refractivity contribution in [1.29, 1.82) is 0 Å². The van der Waals surface area contributed by atoms with Gasteiger partial charge in [-0.05, 0) is 19.9 Å². The molecule has 0 radical (unpaired) electrons. The number of nitrogens with one attached hydrogen (secondary N) is 1. The van der Waals surface area contributed by atoms with Gasteiger partial charge in [0, 0.05) is 30.3 Å². The van der Waals surface area contributed by atoms with Crippen LogP contribution in [-0.2, 0) is 9.84 Å². The van der Waals surface area contributed by atoms with Gasteiger partial charge in [-0.25, -0.2) is 8.42 Å². The zero-order valence-corrected chi connectivity index (χ0v) is 13.2. The van der Waals surface area contributed by atoms with Gasteiger partial charge in [-0.15, -0.1) is 0 Å². The van der Waals surface area contributed by atoms with E-state index in [0.717, 1.165) is 17.7 Å². The molecule has 1 unspecified atom stereocenters. The van der Waals surface area contributed by atoms with Crippen molar-refractivity contribution < 1.29 is 13.2 Å². The van der Waals surface area contributed by atoms with Crippen LogP contribution in [0.1, 0.15) is 38.8 Å². The van der Waals surface area contributed by atoms with Crippen LogP contribution in [0, 0.1) is 0 Å². The molecule has 0 amide bonds. The Hall–Kier alpha value is -1.07. The maximum Gasteiger partial charge on any atom is 0.151 e. The second-order valence-corrected chi connectivity index (χ2v) is 8.32. The van der Waals surface area contributed by atoms with E-state index in [9.17, 15) is 8.42 Å². The normalized spacial score (nSPS) is 21.1. The summed E-state index contributed by atoms with van der Waals surface area (Å²) >= 11 is 0. The van der Waals surface area contributed by atoms with Crippen molar-refractivity contribution in [2.75, 3.05) is 18.1 Å². The number of hydrogen-bond donors (Lipinski definition) is 1. The van der Waals surface area contributed by atoms with Gasteiger partial charge in [0.15, 0.2) is 9.84 Å². The van der Waals surface area contributed by atoms with Crippen molar-refractivity contribution in [3.63, 3.8) is 0 Å². The van der Waals surface area contributed by atoms with Crippen molar-refractivity contribution >= 4 is 9.84 Å². The molecule has 1 N–H and O–H groups in total. The summed E-state index contributed by atoms with van der Waals surface area (Å²) in [5.41, 5.74) is 0.871. The molecule has 0 saturated carbocycles. The lowest BCUT2D eigenvalue weighted by Crippen LogP contribution is -2.40. The monoisotopic (exact) mass is 297 g/mol. The third kappa shape index (κ3) is 3.73. The van der Waals surface area contributed by atoms with E-state index in [4.69, 9.17) is 4.74 Å². The van der Waals surface area contributed by atoms with Crippen LogP contribution in [0.2, 0.25) is 0 Å². The molecule has 0 spiro atoms. The highest BCUT2D eigenvalue weighted by atomic mass is 32.2. The molecule has 1 atom stereocenters. The van der Waals surface area contributed by atoms with E-state index in [-0.39, 0.29) is 23.1 Å². The van der Waals surface area contributed by atoms with Gasteiger partial charge >= 0.3 is 0 Å². The third-order valence-electron chi connectivity index (χ3n) is 3.62. The van der Waals surface area contributed by atoms with Crippen molar-refractivity contribution in [2.45, 2.75) is 38.8 Å². The fourth-order valence-electron chi connectivity index (χ4n) is 2.52. The average Bonchev–Trinajstić information content (AvgIpc) is 2.37. The van der Waals surface area contributed by atoms with Crippen molar-refractivity contribution in [3.05, 3.63) is 29.8 Å². The molecular formula is C15H23NO3S. The summed E-state index contributed by atoms with van der Waals surface area (Å²) in [6, 6.07) is 8.09. The van der Waals surface area contributed by atoms with Crippen LogP contribution in [0.25, 0.3) is 0 Å². The number of fused-ring (bicyclic) bond motifs is 1. The topological polar surface area (TPSA) is 55.4 Å². The number of para-hydroxylation sites is 1. The summed E-state index contributed by atoms with van der Waals surface area (Å²) in [5, 5.41) is 3.36. The highest BCUT2D eigenvalue weighted by Gasteiger charge is 2.33. The van der Waals surface area contributed by atoms with E-state index in [2.05, 4.69) is 19.2 Å². The van der Waals surface area contributed by atoms with E-state index in [0.29, 0.717) is 6.54 Å². The number of benzene rings is 1. The first-order chi connectivity index (χ1) is 9.33. The maximum atomic E-state index is 11.5. The highest BCUT2D eigenvalue weighted by molar-refractivity contribution is 7.91. The zero-order valence-electron chi connectivity index (χ0n) is 12.3. The first-order valence-electron chi connectivity index (χ1n) is 7.05. The largest absolute Gasteiger partial charge is 0.487 e. The molecule has 4 nitrogen and oxygen atoms in total. The predicted octanol–water partition coefficient (Wildman–Crippen LogP) is 2.31.